The average Bonchev–Trinajstić information content (AvgIpc) is 2.60. The fourth-order valence-electron chi connectivity index (χ4n) is 2.56. The van der Waals surface area contributed by atoms with Gasteiger partial charge in [0.1, 0.15) is 6.61 Å². The van der Waals surface area contributed by atoms with Crippen molar-refractivity contribution < 1.29 is 17.9 Å². The zero-order chi connectivity index (χ0) is 23.0. The van der Waals surface area contributed by atoms with E-state index in [4.69, 9.17) is 14.6 Å². The second-order valence-electron chi connectivity index (χ2n) is 7.67. The van der Waals surface area contributed by atoms with Gasteiger partial charge in [-0.2, -0.15) is 8.42 Å². The van der Waals surface area contributed by atoms with Crippen molar-refractivity contribution in [3.8, 4) is 0 Å². The van der Waals surface area contributed by atoms with Gasteiger partial charge in [-0.15, -0.1) is 0 Å². The molecule has 0 heterocycles. The maximum Gasteiger partial charge on any atom is 0.400 e. The van der Waals surface area contributed by atoms with Crippen LogP contribution in [0.4, 0.5) is 0 Å². The van der Waals surface area contributed by atoms with Crippen LogP contribution in [0.1, 0.15) is 80.1 Å². The normalized spacial score (nSPS) is 14.0. The highest BCUT2D eigenvalue weighted by Gasteiger charge is 2.06. The quantitative estimate of drug-likeness (QED) is 0.224. The minimum Gasteiger partial charge on any atom is -0.450 e. The number of allylic oxidation sites excluding steroid dienone is 7. The highest BCUT2D eigenvalue weighted by atomic mass is 32.2. The molecule has 7 heteroatoms. The van der Waals surface area contributed by atoms with E-state index in [1.807, 2.05) is 13.0 Å². The van der Waals surface area contributed by atoms with Crippen molar-refractivity contribution >= 4 is 16.3 Å². The topological polar surface area (TPSA) is 91.0 Å². The van der Waals surface area contributed by atoms with Crippen LogP contribution in [0.25, 0.3) is 0 Å². The lowest BCUT2D eigenvalue weighted by Gasteiger charge is -2.07. The monoisotopic (exact) mass is 440 g/mol. The Labute approximate surface area is 183 Å². The molecule has 0 bridgehead atoms. The molecule has 0 aromatic rings. The van der Waals surface area contributed by atoms with Crippen molar-refractivity contribution in [3.63, 3.8) is 0 Å². The van der Waals surface area contributed by atoms with E-state index in [1.165, 1.54) is 16.7 Å². The predicted octanol–water partition coefficient (Wildman–Crippen LogP) is 5.74. The highest BCUT2D eigenvalue weighted by molar-refractivity contribution is 7.87. The fraction of sp³-hybridized carbons (Fsp3) is 0.609. The lowest BCUT2D eigenvalue weighted by atomic mass is 10.0. The molecule has 0 spiro atoms. The van der Waals surface area contributed by atoms with E-state index in [0.29, 0.717) is 0 Å². The van der Waals surface area contributed by atoms with E-state index in [1.54, 1.807) is 6.92 Å². The van der Waals surface area contributed by atoms with Gasteiger partial charge in [-0.3, -0.25) is 0 Å². The summed E-state index contributed by atoms with van der Waals surface area (Å²) in [6.07, 6.45) is 14.7. The van der Waals surface area contributed by atoms with Crippen LogP contribution < -0.4 is 5.14 Å². The molecule has 0 aliphatic carbocycles. The molecule has 2 N–H and O–H groups in total. The highest BCUT2D eigenvalue weighted by Crippen LogP contribution is 2.13. The van der Waals surface area contributed by atoms with Crippen molar-refractivity contribution in [1.29, 1.82) is 0 Å². The lowest BCUT2D eigenvalue weighted by molar-refractivity contribution is 0.191. The van der Waals surface area contributed by atoms with Gasteiger partial charge in [-0.05, 0) is 86.1 Å². The second-order valence-corrected chi connectivity index (χ2v) is 8.88. The Morgan fingerprint density at radius 1 is 0.800 bits per heavy atom. The van der Waals surface area contributed by atoms with E-state index in [2.05, 4.69) is 50.3 Å². The van der Waals surface area contributed by atoms with Gasteiger partial charge in [0.25, 0.3) is 0 Å². The summed E-state index contributed by atoms with van der Waals surface area (Å²) in [5, 5.41) is 4.87. The summed E-state index contributed by atoms with van der Waals surface area (Å²) < 4.78 is 35.5. The standard InChI is InChI=1S/C23H40N2O4S/c1-7-28-23(25-30(24,26)27)29-18-17-22(6)16-10-15-21(5)14-9-13-20(4)12-8-11-19(2)3/h11,13,15,17H,7-10,12,14,16,18H2,1-6H3,(H2,24,26,27)/b20-13?,21-15+,22-17+,25-23?. The Hall–Kier alpha value is -1.86. The van der Waals surface area contributed by atoms with Gasteiger partial charge in [0.2, 0.25) is 0 Å². The number of hydrogen-bond donors (Lipinski definition) is 1. The predicted molar refractivity (Wildman–Crippen MR) is 127 cm³/mol. The van der Waals surface area contributed by atoms with Crippen LogP contribution in [-0.4, -0.2) is 27.7 Å². The summed E-state index contributed by atoms with van der Waals surface area (Å²) >= 11 is 0. The first kappa shape index (κ1) is 28.1. The third-order valence-electron chi connectivity index (χ3n) is 4.26. The summed E-state index contributed by atoms with van der Waals surface area (Å²) in [6, 6.07) is 0. The number of ether oxygens (including phenoxy) is 2. The Morgan fingerprint density at radius 3 is 1.70 bits per heavy atom. The summed E-state index contributed by atoms with van der Waals surface area (Å²) in [5.74, 6) is 0. The maximum absolute atomic E-state index is 11.0. The molecular weight excluding hydrogens is 400 g/mol. The Bertz CT molecular complexity index is 756. The molecule has 0 unspecified atom stereocenters. The van der Waals surface area contributed by atoms with E-state index < -0.39 is 10.2 Å². The molecule has 0 amide bonds. The first-order valence-corrected chi connectivity index (χ1v) is 12.0. The van der Waals surface area contributed by atoms with Crippen LogP contribution in [0.5, 0.6) is 0 Å². The third kappa shape index (κ3) is 18.2. The van der Waals surface area contributed by atoms with Crippen LogP contribution in [0.2, 0.25) is 0 Å². The van der Waals surface area contributed by atoms with Gasteiger partial charge in [0.05, 0.1) is 6.61 Å². The molecule has 0 fully saturated rings. The summed E-state index contributed by atoms with van der Waals surface area (Å²) in [7, 11) is -4.04. The Balaban J connectivity index is 4.30. The van der Waals surface area contributed by atoms with Crippen LogP contribution in [0.3, 0.4) is 0 Å². The maximum atomic E-state index is 11.0. The molecule has 0 rings (SSSR count). The summed E-state index contributed by atoms with van der Waals surface area (Å²) in [4.78, 5) is 0. The van der Waals surface area contributed by atoms with Crippen LogP contribution in [-0.2, 0) is 19.7 Å². The van der Waals surface area contributed by atoms with Gasteiger partial charge in [-0.25, -0.2) is 5.14 Å². The molecule has 0 aromatic carbocycles. The number of hydrogen-bond acceptors (Lipinski definition) is 4. The molecule has 30 heavy (non-hydrogen) atoms. The number of nitrogens with zero attached hydrogens (tertiary/aromatic N) is 1. The molecule has 0 aromatic heterocycles. The zero-order valence-electron chi connectivity index (χ0n) is 19.5. The van der Waals surface area contributed by atoms with E-state index in [0.717, 1.165) is 44.1 Å². The first-order valence-electron chi connectivity index (χ1n) is 10.5. The summed E-state index contributed by atoms with van der Waals surface area (Å²) in [6.45, 7) is 12.8. The van der Waals surface area contributed by atoms with E-state index in [9.17, 15) is 8.42 Å². The fourth-order valence-corrected chi connectivity index (χ4v) is 2.88. The zero-order valence-corrected chi connectivity index (χ0v) is 20.3. The molecule has 0 saturated carbocycles. The largest absolute Gasteiger partial charge is 0.450 e. The van der Waals surface area contributed by atoms with Crippen LogP contribution >= 0.6 is 0 Å². The van der Waals surface area contributed by atoms with E-state index >= 15 is 0 Å². The Kier molecular flexibility index (Phi) is 14.9. The second kappa shape index (κ2) is 15.9. The molecule has 172 valence electrons. The molecule has 6 nitrogen and oxygen atoms in total. The number of rotatable bonds is 13. The Morgan fingerprint density at radius 2 is 1.27 bits per heavy atom. The van der Waals surface area contributed by atoms with Crippen molar-refractivity contribution in [2.24, 2.45) is 9.54 Å². The molecular formula is C23H40N2O4S. The van der Waals surface area contributed by atoms with Crippen molar-refractivity contribution in [1.82, 2.24) is 0 Å². The SMILES string of the molecule is CCOC(=NS(N)(=O)=O)OC/C=C(\C)CC/C=C(\C)CCC=C(C)CCC=C(C)C. The van der Waals surface area contributed by atoms with Gasteiger partial charge >= 0.3 is 16.3 Å². The third-order valence-corrected chi connectivity index (χ3v) is 4.67. The van der Waals surface area contributed by atoms with Gasteiger partial charge < -0.3 is 9.47 Å². The smallest absolute Gasteiger partial charge is 0.400 e. The van der Waals surface area contributed by atoms with Crippen molar-refractivity contribution in [3.05, 3.63) is 46.6 Å². The van der Waals surface area contributed by atoms with Crippen LogP contribution in [0, 0.1) is 0 Å². The summed E-state index contributed by atoms with van der Waals surface area (Å²) in [5.41, 5.74) is 5.38. The average molecular weight is 441 g/mol. The molecule has 0 radical (unpaired) electrons. The lowest BCUT2D eigenvalue weighted by Crippen LogP contribution is -2.17. The first-order chi connectivity index (χ1) is 14.0. The van der Waals surface area contributed by atoms with Gasteiger partial charge in [0, 0.05) is 0 Å². The van der Waals surface area contributed by atoms with Crippen LogP contribution in [0.15, 0.2) is 51.0 Å². The minimum absolute atomic E-state index is 0.180. The molecule has 0 saturated heterocycles. The van der Waals surface area contributed by atoms with Gasteiger partial charge in [-0.1, -0.05) is 44.9 Å². The van der Waals surface area contributed by atoms with E-state index in [-0.39, 0.29) is 19.3 Å². The van der Waals surface area contributed by atoms with Crippen molar-refractivity contribution in [2.75, 3.05) is 13.2 Å². The minimum atomic E-state index is -4.04. The van der Waals surface area contributed by atoms with Crippen molar-refractivity contribution in [2.45, 2.75) is 80.1 Å². The van der Waals surface area contributed by atoms with Gasteiger partial charge in [0.15, 0.2) is 0 Å². The molecule has 0 atom stereocenters. The number of nitrogens with two attached hydrogens (primary N) is 1. The molecule has 0 aliphatic rings. The molecule has 0 aliphatic heterocycles.